The molecule has 1 saturated heterocycles. The van der Waals surface area contributed by atoms with Gasteiger partial charge in [-0.1, -0.05) is 0 Å². The summed E-state index contributed by atoms with van der Waals surface area (Å²) in [5.74, 6) is 0.134. The Kier molecular flexibility index (Phi) is 10.4. The number of rotatable bonds is 7. The Hall–Kier alpha value is -1.34. The van der Waals surface area contributed by atoms with Crippen LogP contribution in [0.4, 0.5) is 13.2 Å². The molecule has 0 amide bonds. The van der Waals surface area contributed by atoms with Gasteiger partial charge >= 0.3 is 6.18 Å². The highest BCUT2D eigenvalue weighted by atomic mass is 127. The van der Waals surface area contributed by atoms with Crippen LogP contribution in [-0.4, -0.2) is 74.4 Å². The van der Waals surface area contributed by atoms with Crippen molar-refractivity contribution in [3.05, 3.63) is 23.9 Å². The molecular weight excluding hydrogens is 502 g/mol. The highest BCUT2D eigenvalue weighted by molar-refractivity contribution is 14.0. The Balaban J connectivity index is 0.00000420. The molecule has 2 N–H and O–H groups in total. The number of guanidine groups is 1. The van der Waals surface area contributed by atoms with E-state index in [9.17, 15) is 13.2 Å². The first-order valence-electron chi connectivity index (χ1n) is 9.16. The number of aromatic nitrogens is 1. The van der Waals surface area contributed by atoms with E-state index in [1.807, 2.05) is 0 Å². The van der Waals surface area contributed by atoms with Crippen molar-refractivity contribution < 1.29 is 22.6 Å². The minimum Gasteiger partial charge on any atom is -0.475 e. The molecule has 0 aromatic carbocycles. The number of alkyl halides is 3. The summed E-state index contributed by atoms with van der Waals surface area (Å²) >= 11 is 0. The average Bonchev–Trinajstić information content (AvgIpc) is 2.67. The zero-order chi connectivity index (χ0) is 20.6. The molecule has 0 atom stereocenters. The second-order valence-electron chi connectivity index (χ2n) is 6.97. The quantitative estimate of drug-likeness (QED) is 0.244. The van der Waals surface area contributed by atoms with Crippen LogP contribution < -0.4 is 15.4 Å². The van der Waals surface area contributed by atoms with Gasteiger partial charge in [-0.2, -0.15) is 13.2 Å². The Morgan fingerprint density at radius 3 is 2.59 bits per heavy atom. The fourth-order valence-electron chi connectivity index (χ4n) is 2.84. The summed E-state index contributed by atoms with van der Waals surface area (Å²) in [6.45, 7) is 8.44. The molecule has 1 aromatic rings. The maximum absolute atomic E-state index is 12.9. The second kappa shape index (κ2) is 11.7. The standard InChI is InChI=1S/C18H28F3N5O2.HI/c1-17(2,26-8-11-27-12-9-26)13-25-16(22-3)24-7-10-28-15-14(18(19,20)21)5-4-6-23-15;/h4-6H,7-13H2,1-3H3,(H2,22,24,25);1H. The molecule has 1 aliphatic heterocycles. The summed E-state index contributed by atoms with van der Waals surface area (Å²) in [7, 11) is 1.64. The molecule has 0 aliphatic carbocycles. The Bertz CT molecular complexity index is 653. The molecule has 0 bridgehead atoms. The summed E-state index contributed by atoms with van der Waals surface area (Å²) in [6, 6.07) is 2.18. The predicted molar refractivity (Wildman–Crippen MR) is 116 cm³/mol. The molecule has 0 radical (unpaired) electrons. The van der Waals surface area contributed by atoms with Gasteiger partial charge in [-0.05, 0) is 26.0 Å². The molecule has 7 nitrogen and oxygen atoms in total. The number of nitrogens with zero attached hydrogens (tertiary/aromatic N) is 3. The fraction of sp³-hybridized carbons (Fsp3) is 0.667. The number of hydrogen-bond donors (Lipinski definition) is 2. The fourth-order valence-corrected chi connectivity index (χ4v) is 2.84. The van der Waals surface area contributed by atoms with Crippen molar-refractivity contribution in [1.82, 2.24) is 20.5 Å². The lowest BCUT2D eigenvalue weighted by molar-refractivity contribution is -0.139. The maximum atomic E-state index is 12.9. The van der Waals surface area contributed by atoms with Gasteiger partial charge in [-0.25, -0.2) is 4.98 Å². The zero-order valence-electron chi connectivity index (χ0n) is 16.9. The number of ether oxygens (including phenoxy) is 2. The average molecular weight is 531 g/mol. The van der Waals surface area contributed by atoms with E-state index in [0.29, 0.717) is 12.5 Å². The van der Waals surface area contributed by atoms with Crippen molar-refractivity contribution in [3.8, 4) is 5.88 Å². The van der Waals surface area contributed by atoms with Crippen LogP contribution in [0.3, 0.4) is 0 Å². The van der Waals surface area contributed by atoms with Crippen LogP contribution in [-0.2, 0) is 10.9 Å². The van der Waals surface area contributed by atoms with Crippen LogP contribution in [0.5, 0.6) is 5.88 Å². The van der Waals surface area contributed by atoms with Crippen molar-refractivity contribution in [1.29, 1.82) is 0 Å². The van der Waals surface area contributed by atoms with E-state index in [1.165, 1.54) is 12.3 Å². The van der Waals surface area contributed by atoms with Gasteiger partial charge in [-0.15, -0.1) is 24.0 Å². The Morgan fingerprint density at radius 2 is 1.97 bits per heavy atom. The Morgan fingerprint density at radius 1 is 1.28 bits per heavy atom. The first-order chi connectivity index (χ1) is 13.2. The van der Waals surface area contributed by atoms with Crippen LogP contribution in [0.25, 0.3) is 0 Å². The SMILES string of the molecule is CN=C(NCCOc1ncccc1C(F)(F)F)NCC(C)(C)N1CCOCC1.I. The van der Waals surface area contributed by atoms with Crippen molar-refractivity contribution in [2.24, 2.45) is 4.99 Å². The van der Waals surface area contributed by atoms with E-state index in [2.05, 4.69) is 39.4 Å². The zero-order valence-corrected chi connectivity index (χ0v) is 19.2. The molecule has 0 spiro atoms. The van der Waals surface area contributed by atoms with Crippen LogP contribution in [0.15, 0.2) is 23.3 Å². The van der Waals surface area contributed by atoms with E-state index in [4.69, 9.17) is 9.47 Å². The van der Waals surface area contributed by atoms with Crippen molar-refractivity contribution in [3.63, 3.8) is 0 Å². The van der Waals surface area contributed by atoms with Gasteiger partial charge in [0.05, 0.1) is 19.8 Å². The molecule has 29 heavy (non-hydrogen) atoms. The molecule has 2 heterocycles. The lowest BCUT2D eigenvalue weighted by Gasteiger charge is -2.41. The van der Waals surface area contributed by atoms with Gasteiger partial charge in [0.2, 0.25) is 5.88 Å². The van der Waals surface area contributed by atoms with Crippen molar-refractivity contribution in [2.75, 3.05) is 53.0 Å². The second-order valence-corrected chi connectivity index (χ2v) is 6.97. The van der Waals surface area contributed by atoms with Gasteiger partial charge in [-0.3, -0.25) is 9.89 Å². The molecule has 1 fully saturated rings. The summed E-state index contributed by atoms with van der Waals surface area (Å²) in [5.41, 5.74) is -0.974. The summed E-state index contributed by atoms with van der Waals surface area (Å²) in [5, 5.41) is 6.28. The normalized spacial score (nSPS) is 16.1. The van der Waals surface area contributed by atoms with Gasteiger partial charge in [0.1, 0.15) is 12.2 Å². The summed E-state index contributed by atoms with van der Waals surface area (Å²) in [4.78, 5) is 10.2. The number of nitrogens with one attached hydrogen (secondary N) is 2. The monoisotopic (exact) mass is 531 g/mol. The number of pyridine rings is 1. The smallest absolute Gasteiger partial charge is 0.421 e. The maximum Gasteiger partial charge on any atom is 0.421 e. The number of halogens is 4. The van der Waals surface area contributed by atoms with E-state index in [1.54, 1.807) is 7.05 Å². The van der Waals surface area contributed by atoms with Gasteiger partial charge < -0.3 is 20.1 Å². The van der Waals surface area contributed by atoms with Crippen molar-refractivity contribution >= 4 is 29.9 Å². The lowest BCUT2D eigenvalue weighted by atomic mass is 10.0. The topological polar surface area (TPSA) is 71.0 Å². The van der Waals surface area contributed by atoms with E-state index in [0.717, 1.165) is 32.4 Å². The Labute approximate surface area is 186 Å². The number of hydrogen-bond acceptors (Lipinski definition) is 5. The highest BCUT2D eigenvalue weighted by Gasteiger charge is 2.35. The number of aliphatic imine (C=N–C) groups is 1. The van der Waals surface area contributed by atoms with Crippen LogP contribution >= 0.6 is 24.0 Å². The van der Waals surface area contributed by atoms with Crippen LogP contribution in [0.2, 0.25) is 0 Å². The minimum atomic E-state index is -4.50. The third-order valence-electron chi connectivity index (χ3n) is 4.49. The van der Waals surface area contributed by atoms with Gasteiger partial charge in [0.15, 0.2) is 5.96 Å². The summed E-state index contributed by atoms with van der Waals surface area (Å²) < 4.78 is 49.4. The third kappa shape index (κ3) is 8.13. The molecule has 166 valence electrons. The van der Waals surface area contributed by atoms with Crippen molar-refractivity contribution in [2.45, 2.75) is 25.6 Å². The predicted octanol–water partition coefficient (Wildman–Crippen LogP) is 2.37. The molecular formula is C18H29F3IN5O2. The molecule has 0 saturated carbocycles. The lowest BCUT2D eigenvalue weighted by Crippen LogP contribution is -2.56. The largest absolute Gasteiger partial charge is 0.475 e. The van der Waals surface area contributed by atoms with Crippen LogP contribution in [0, 0.1) is 0 Å². The number of morpholine rings is 1. The first-order valence-corrected chi connectivity index (χ1v) is 9.16. The first kappa shape index (κ1) is 25.7. The third-order valence-corrected chi connectivity index (χ3v) is 4.49. The van der Waals surface area contributed by atoms with Gasteiger partial charge in [0, 0.05) is 38.4 Å². The minimum absolute atomic E-state index is 0. The highest BCUT2D eigenvalue weighted by Crippen LogP contribution is 2.34. The van der Waals surface area contributed by atoms with Gasteiger partial charge in [0.25, 0.3) is 0 Å². The van der Waals surface area contributed by atoms with E-state index in [-0.39, 0.29) is 42.7 Å². The molecule has 11 heteroatoms. The van der Waals surface area contributed by atoms with E-state index >= 15 is 0 Å². The molecule has 2 rings (SSSR count). The van der Waals surface area contributed by atoms with Crippen LogP contribution in [0.1, 0.15) is 19.4 Å². The summed E-state index contributed by atoms with van der Waals surface area (Å²) in [6.07, 6.45) is -3.23. The van der Waals surface area contributed by atoms with E-state index < -0.39 is 17.6 Å². The molecule has 1 aromatic heterocycles. The molecule has 0 unspecified atom stereocenters. The molecule has 1 aliphatic rings.